The first-order chi connectivity index (χ1) is 14.2. The standard InChI is InChI=1S/C24H29N5/c1-18-6-8-20(9-7-18)17-25-23-16-19(2)26-24(28-23)27-21-10-12-22(13-11-21)29-14-4-3-5-15-29/h6-13,16H,3-5,14-15,17H2,1-2H3,(H2,25,26,27,28). The number of rotatable bonds is 6. The van der Waals surface area contributed by atoms with Gasteiger partial charge in [-0.25, -0.2) is 4.98 Å². The quantitative estimate of drug-likeness (QED) is 0.590. The third-order valence-electron chi connectivity index (χ3n) is 5.29. The molecule has 5 nitrogen and oxygen atoms in total. The Morgan fingerprint density at radius 1 is 0.862 bits per heavy atom. The first kappa shape index (κ1) is 19.2. The van der Waals surface area contributed by atoms with Crippen LogP contribution in [0, 0.1) is 13.8 Å². The molecule has 0 atom stereocenters. The summed E-state index contributed by atoms with van der Waals surface area (Å²) in [6, 6.07) is 19.1. The molecule has 0 spiro atoms. The van der Waals surface area contributed by atoms with Gasteiger partial charge in [-0.05, 0) is 62.9 Å². The van der Waals surface area contributed by atoms with E-state index in [2.05, 4.69) is 81.0 Å². The number of nitrogens with zero attached hydrogens (tertiary/aromatic N) is 3. The summed E-state index contributed by atoms with van der Waals surface area (Å²) < 4.78 is 0. The summed E-state index contributed by atoms with van der Waals surface area (Å²) in [7, 11) is 0. The number of piperidine rings is 1. The highest BCUT2D eigenvalue weighted by atomic mass is 15.1. The van der Waals surface area contributed by atoms with Crippen LogP contribution in [0.4, 0.5) is 23.1 Å². The lowest BCUT2D eigenvalue weighted by atomic mass is 10.1. The third-order valence-corrected chi connectivity index (χ3v) is 5.29. The molecule has 1 aliphatic rings. The first-order valence-corrected chi connectivity index (χ1v) is 10.4. The molecule has 0 bridgehead atoms. The van der Waals surface area contributed by atoms with Crippen LogP contribution in [0.2, 0.25) is 0 Å². The van der Waals surface area contributed by atoms with Crippen molar-refractivity contribution < 1.29 is 0 Å². The third kappa shape index (κ3) is 5.25. The molecule has 29 heavy (non-hydrogen) atoms. The van der Waals surface area contributed by atoms with E-state index in [1.807, 2.05) is 13.0 Å². The molecule has 2 heterocycles. The number of benzene rings is 2. The number of anilines is 4. The molecule has 150 valence electrons. The lowest BCUT2D eigenvalue weighted by Gasteiger charge is -2.28. The van der Waals surface area contributed by atoms with Gasteiger partial charge in [0.15, 0.2) is 0 Å². The van der Waals surface area contributed by atoms with E-state index in [0.29, 0.717) is 5.95 Å². The fourth-order valence-electron chi connectivity index (χ4n) is 3.65. The van der Waals surface area contributed by atoms with E-state index in [1.54, 1.807) is 0 Å². The van der Waals surface area contributed by atoms with Gasteiger partial charge in [0.2, 0.25) is 5.95 Å². The molecule has 1 fully saturated rings. The minimum atomic E-state index is 0.613. The van der Waals surface area contributed by atoms with Gasteiger partial charge in [0.25, 0.3) is 0 Å². The van der Waals surface area contributed by atoms with Crippen LogP contribution >= 0.6 is 0 Å². The van der Waals surface area contributed by atoms with E-state index in [4.69, 9.17) is 0 Å². The van der Waals surface area contributed by atoms with Crippen molar-refractivity contribution in [2.45, 2.75) is 39.7 Å². The van der Waals surface area contributed by atoms with Gasteiger partial charge in [-0.15, -0.1) is 0 Å². The Hall–Kier alpha value is -3.08. The summed E-state index contributed by atoms with van der Waals surface area (Å²) in [5.74, 6) is 1.44. The maximum atomic E-state index is 4.63. The molecule has 0 amide bonds. The second-order valence-corrected chi connectivity index (χ2v) is 7.78. The molecule has 5 heteroatoms. The highest BCUT2D eigenvalue weighted by Crippen LogP contribution is 2.23. The Balaban J connectivity index is 1.41. The van der Waals surface area contributed by atoms with Crippen molar-refractivity contribution in [2.75, 3.05) is 28.6 Å². The molecule has 4 rings (SSSR count). The summed E-state index contributed by atoms with van der Waals surface area (Å²) in [6.45, 7) is 7.14. The fourth-order valence-corrected chi connectivity index (χ4v) is 3.65. The predicted octanol–water partition coefficient (Wildman–Crippen LogP) is 5.44. The SMILES string of the molecule is Cc1ccc(CNc2cc(C)nc(Nc3ccc(N4CCCCC4)cc3)n2)cc1. The molecule has 1 aliphatic heterocycles. The largest absolute Gasteiger partial charge is 0.372 e. The normalized spacial score (nSPS) is 13.9. The van der Waals surface area contributed by atoms with E-state index in [9.17, 15) is 0 Å². The second-order valence-electron chi connectivity index (χ2n) is 7.78. The minimum Gasteiger partial charge on any atom is -0.372 e. The maximum Gasteiger partial charge on any atom is 0.229 e. The summed E-state index contributed by atoms with van der Waals surface area (Å²) in [5, 5.41) is 6.74. The molecular formula is C24H29N5. The van der Waals surface area contributed by atoms with Gasteiger partial charge in [-0.2, -0.15) is 4.98 Å². The number of hydrogen-bond acceptors (Lipinski definition) is 5. The van der Waals surface area contributed by atoms with Crippen LogP contribution in [0.3, 0.4) is 0 Å². The van der Waals surface area contributed by atoms with Crippen molar-refractivity contribution >= 4 is 23.1 Å². The van der Waals surface area contributed by atoms with Crippen LogP contribution < -0.4 is 15.5 Å². The van der Waals surface area contributed by atoms with Crippen molar-refractivity contribution in [3.63, 3.8) is 0 Å². The molecule has 1 aromatic heterocycles. The maximum absolute atomic E-state index is 4.63. The van der Waals surface area contributed by atoms with Crippen LogP contribution in [-0.4, -0.2) is 23.1 Å². The molecule has 2 aromatic carbocycles. The highest BCUT2D eigenvalue weighted by molar-refractivity contribution is 5.60. The van der Waals surface area contributed by atoms with Gasteiger partial charge in [-0.1, -0.05) is 29.8 Å². The Morgan fingerprint density at radius 2 is 1.59 bits per heavy atom. The average molecular weight is 388 g/mol. The van der Waals surface area contributed by atoms with Gasteiger partial charge >= 0.3 is 0 Å². The van der Waals surface area contributed by atoms with Crippen molar-refractivity contribution in [3.8, 4) is 0 Å². The zero-order valence-corrected chi connectivity index (χ0v) is 17.3. The van der Waals surface area contributed by atoms with Crippen molar-refractivity contribution in [3.05, 3.63) is 71.4 Å². The molecule has 2 N–H and O–H groups in total. The topological polar surface area (TPSA) is 53.1 Å². The van der Waals surface area contributed by atoms with Crippen molar-refractivity contribution in [1.29, 1.82) is 0 Å². The summed E-state index contributed by atoms with van der Waals surface area (Å²) >= 11 is 0. The summed E-state index contributed by atoms with van der Waals surface area (Å²) in [5.41, 5.74) is 5.72. The van der Waals surface area contributed by atoms with E-state index in [-0.39, 0.29) is 0 Å². The molecule has 3 aromatic rings. The zero-order valence-electron chi connectivity index (χ0n) is 17.3. The Kier molecular flexibility index (Phi) is 5.94. The van der Waals surface area contributed by atoms with Crippen LogP contribution in [0.1, 0.15) is 36.1 Å². The molecule has 0 aliphatic carbocycles. The number of aromatic nitrogens is 2. The molecule has 0 saturated carbocycles. The number of aryl methyl sites for hydroxylation is 2. The zero-order chi connectivity index (χ0) is 20.1. The minimum absolute atomic E-state index is 0.613. The van der Waals surface area contributed by atoms with Crippen LogP contribution in [-0.2, 0) is 6.54 Å². The highest BCUT2D eigenvalue weighted by Gasteiger charge is 2.11. The molecule has 1 saturated heterocycles. The fraction of sp³-hybridized carbons (Fsp3) is 0.333. The van der Waals surface area contributed by atoms with E-state index < -0.39 is 0 Å². The van der Waals surface area contributed by atoms with Gasteiger partial charge in [0.05, 0.1) is 0 Å². The predicted molar refractivity (Wildman–Crippen MR) is 121 cm³/mol. The van der Waals surface area contributed by atoms with Crippen molar-refractivity contribution in [1.82, 2.24) is 9.97 Å². The molecule has 0 unspecified atom stereocenters. The van der Waals surface area contributed by atoms with E-state index >= 15 is 0 Å². The van der Waals surface area contributed by atoms with Crippen LogP contribution in [0.5, 0.6) is 0 Å². The monoisotopic (exact) mass is 387 g/mol. The first-order valence-electron chi connectivity index (χ1n) is 10.4. The summed E-state index contributed by atoms with van der Waals surface area (Å²) in [4.78, 5) is 11.6. The second kappa shape index (κ2) is 8.95. The van der Waals surface area contributed by atoms with E-state index in [0.717, 1.165) is 36.8 Å². The average Bonchev–Trinajstić information content (AvgIpc) is 2.74. The van der Waals surface area contributed by atoms with E-state index in [1.165, 1.54) is 36.1 Å². The Labute approximate surface area is 173 Å². The van der Waals surface area contributed by atoms with Gasteiger partial charge in [0.1, 0.15) is 5.82 Å². The number of hydrogen-bond donors (Lipinski definition) is 2. The summed E-state index contributed by atoms with van der Waals surface area (Å²) in [6.07, 6.45) is 3.92. The molecular weight excluding hydrogens is 358 g/mol. The van der Waals surface area contributed by atoms with Crippen molar-refractivity contribution in [2.24, 2.45) is 0 Å². The Morgan fingerprint density at radius 3 is 2.31 bits per heavy atom. The van der Waals surface area contributed by atoms with Crippen LogP contribution in [0.15, 0.2) is 54.6 Å². The van der Waals surface area contributed by atoms with Gasteiger partial charge in [-0.3, -0.25) is 0 Å². The lowest BCUT2D eigenvalue weighted by molar-refractivity contribution is 0.578. The van der Waals surface area contributed by atoms with Gasteiger partial charge in [0, 0.05) is 42.8 Å². The Bertz CT molecular complexity index is 928. The molecule has 0 radical (unpaired) electrons. The van der Waals surface area contributed by atoms with Crippen LogP contribution in [0.25, 0.3) is 0 Å². The van der Waals surface area contributed by atoms with Gasteiger partial charge < -0.3 is 15.5 Å². The lowest BCUT2D eigenvalue weighted by Crippen LogP contribution is -2.29. The smallest absolute Gasteiger partial charge is 0.229 e. The number of nitrogens with one attached hydrogen (secondary N) is 2.